The highest BCUT2D eigenvalue weighted by Crippen LogP contribution is 2.15. The fourth-order valence-electron chi connectivity index (χ4n) is 1.77. The number of nitrogens with one attached hydrogen (secondary N) is 1. The maximum atomic E-state index is 8.39. The highest BCUT2D eigenvalue weighted by molar-refractivity contribution is 5.82. The molecule has 0 spiro atoms. The smallest absolute Gasteiger partial charge is 0.0841 e. The van der Waals surface area contributed by atoms with E-state index in [0.717, 1.165) is 13.0 Å². The predicted molar refractivity (Wildman–Crippen MR) is 66.1 cm³/mol. The van der Waals surface area contributed by atoms with Crippen LogP contribution in [-0.2, 0) is 6.42 Å². The predicted octanol–water partition coefficient (Wildman–Crippen LogP) is 2.50. The lowest BCUT2D eigenvalue weighted by Gasteiger charge is -2.03. The Morgan fingerprint density at radius 3 is 2.69 bits per heavy atom. The maximum absolute atomic E-state index is 8.39. The first kappa shape index (κ1) is 10.7. The summed E-state index contributed by atoms with van der Waals surface area (Å²) in [6.45, 7) is 1.28. The molecule has 16 heavy (non-hydrogen) atoms. The Labute approximate surface area is 95.5 Å². The van der Waals surface area contributed by atoms with Gasteiger partial charge in [0.25, 0.3) is 0 Å². The van der Waals surface area contributed by atoms with Gasteiger partial charge in [0, 0.05) is 6.54 Å². The largest absolute Gasteiger partial charge is 0.304 e. The average molecular weight is 210 g/mol. The quantitative estimate of drug-likeness (QED) is 0.621. The van der Waals surface area contributed by atoms with Crippen molar-refractivity contribution in [1.29, 1.82) is 5.26 Å². The van der Waals surface area contributed by atoms with Gasteiger partial charge < -0.3 is 5.32 Å². The molecule has 0 saturated heterocycles. The van der Waals surface area contributed by atoms with Crippen molar-refractivity contribution in [2.45, 2.75) is 6.42 Å². The summed E-state index contributed by atoms with van der Waals surface area (Å²) in [5.41, 5.74) is 1.31. The van der Waals surface area contributed by atoms with E-state index in [2.05, 4.69) is 53.9 Å². The second-order valence-electron chi connectivity index (χ2n) is 3.77. The third-order valence-corrected chi connectivity index (χ3v) is 2.61. The van der Waals surface area contributed by atoms with Gasteiger partial charge in [-0.15, -0.1) is 0 Å². The number of hydrogen-bond acceptors (Lipinski definition) is 2. The van der Waals surface area contributed by atoms with Gasteiger partial charge in [-0.1, -0.05) is 42.5 Å². The molecule has 2 heteroatoms. The molecule has 80 valence electrons. The van der Waals surface area contributed by atoms with E-state index in [1.165, 1.54) is 16.3 Å². The summed E-state index contributed by atoms with van der Waals surface area (Å²) < 4.78 is 0. The average Bonchev–Trinajstić information content (AvgIpc) is 2.34. The lowest BCUT2D eigenvalue weighted by Crippen LogP contribution is -2.17. The summed E-state index contributed by atoms with van der Waals surface area (Å²) >= 11 is 0. The topological polar surface area (TPSA) is 35.8 Å². The first-order valence-corrected chi connectivity index (χ1v) is 5.45. The second-order valence-corrected chi connectivity index (χ2v) is 3.77. The zero-order valence-electron chi connectivity index (χ0n) is 9.11. The molecular weight excluding hydrogens is 196 g/mol. The second kappa shape index (κ2) is 5.29. The van der Waals surface area contributed by atoms with E-state index < -0.39 is 0 Å². The zero-order chi connectivity index (χ0) is 11.2. The third-order valence-electron chi connectivity index (χ3n) is 2.61. The Bertz CT molecular complexity index is 511. The van der Waals surface area contributed by atoms with Crippen LogP contribution in [0.3, 0.4) is 0 Å². The highest BCUT2D eigenvalue weighted by Gasteiger charge is 1.95. The van der Waals surface area contributed by atoms with Crippen molar-refractivity contribution in [1.82, 2.24) is 5.32 Å². The minimum absolute atomic E-state index is 0.424. The molecule has 0 saturated carbocycles. The van der Waals surface area contributed by atoms with E-state index in [9.17, 15) is 0 Å². The van der Waals surface area contributed by atoms with Crippen LogP contribution in [0.1, 0.15) is 5.56 Å². The van der Waals surface area contributed by atoms with Crippen LogP contribution in [0.2, 0.25) is 0 Å². The molecule has 0 heterocycles. The molecule has 0 unspecified atom stereocenters. The third kappa shape index (κ3) is 2.59. The molecule has 2 aromatic rings. The molecule has 0 fully saturated rings. The minimum atomic E-state index is 0.424. The highest BCUT2D eigenvalue weighted by atomic mass is 14.8. The van der Waals surface area contributed by atoms with Crippen LogP contribution in [0.5, 0.6) is 0 Å². The normalized spacial score (nSPS) is 10.2. The fraction of sp³-hybridized carbons (Fsp3) is 0.214. The molecule has 2 nitrogen and oxygen atoms in total. The minimum Gasteiger partial charge on any atom is -0.304 e. The number of nitriles is 1. The molecule has 2 aromatic carbocycles. The Morgan fingerprint density at radius 2 is 1.88 bits per heavy atom. The van der Waals surface area contributed by atoms with Gasteiger partial charge in [-0.3, -0.25) is 0 Å². The Balaban J connectivity index is 2.05. The SMILES string of the molecule is N#CCNCCc1ccc2ccccc2c1. The van der Waals surface area contributed by atoms with Crippen molar-refractivity contribution in [2.75, 3.05) is 13.1 Å². The van der Waals surface area contributed by atoms with Crippen molar-refractivity contribution >= 4 is 10.8 Å². The van der Waals surface area contributed by atoms with Gasteiger partial charge >= 0.3 is 0 Å². The molecule has 0 aliphatic heterocycles. The van der Waals surface area contributed by atoms with E-state index >= 15 is 0 Å². The molecule has 0 aromatic heterocycles. The number of rotatable bonds is 4. The summed E-state index contributed by atoms with van der Waals surface area (Å²) in [6, 6.07) is 16.9. The summed E-state index contributed by atoms with van der Waals surface area (Å²) in [5, 5.41) is 14.0. The fourth-order valence-corrected chi connectivity index (χ4v) is 1.77. The molecule has 0 aliphatic rings. The number of hydrogen-bond donors (Lipinski definition) is 1. The number of fused-ring (bicyclic) bond motifs is 1. The van der Waals surface area contributed by atoms with Crippen LogP contribution in [-0.4, -0.2) is 13.1 Å². The Kier molecular flexibility index (Phi) is 3.53. The van der Waals surface area contributed by atoms with E-state index in [4.69, 9.17) is 5.26 Å². The van der Waals surface area contributed by atoms with E-state index in [0.29, 0.717) is 6.54 Å². The zero-order valence-corrected chi connectivity index (χ0v) is 9.11. The lowest BCUT2D eigenvalue weighted by molar-refractivity contribution is 0.750. The summed E-state index contributed by atoms with van der Waals surface area (Å²) in [4.78, 5) is 0. The molecule has 0 amide bonds. The van der Waals surface area contributed by atoms with Crippen LogP contribution < -0.4 is 5.32 Å². The van der Waals surface area contributed by atoms with Crippen LogP contribution in [0.15, 0.2) is 42.5 Å². The van der Waals surface area contributed by atoms with Crippen molar-refractivity contribution in [3.8, 4) is 6.07 Å². The molecule has 0 radical (unpaired) electrons. The van der Waals surface area contributed by atoms with E-state index in [1.807, 2.05) is 0 Å². The standard InChI is InChI=1S/C14H14N2/c15-8-10-16-9-7-12-5-6-13-3-1-2-4-14(13)11-12/h1-6,11,16H,7,9-10H2. The van der Waals surface area contributed by atoms with Crippen LogP contribution in [0.4, 0.5) is 0 Å². The van der Waals surface area contributed by atoms with Crippen molar-refractivity contribution < 1.29 is 0 Å². The van der Waals surface area contributed by atoms with Crippen LogP contribution >= 0.6 is 0 Å². The number of nitrogens with zero attached hydrogens (tertiary/aromatic N) is 1. The van der Waals surface area contributed by atoms with Gasteiger partial charge in [0.05, 0.1) is 12.6 Å². The summed E-state index contributed by atoms with van der Waals surface area (Å²) in [6.07, 6.45) is 0.965. The summed E-state index contributed by atoms with van der Waals surface area (Å²) in [5.74, 6) is 0. The van der Waals surface area contributed by atoms with Crippen molar-refractivity contribution in [3.05, 3.63) is 48.0 Å². The Morgan fingerprint density at radius 1 is 1.06 bits per heavy atom. The van der Waals surface area contributed by atoms with Gasteiger partial charge in [-0.05, 0) is 22.8 Å². The maximum Gasteiger partial charge on any atom is 0.0841 e. The monoisotopic (exact) mass is 210 g/mol. The summed E-state index contributed by atoms with van der Waals surface area (Å²) in [7, 11) is 0. The van der Waals surface area contributed by atoms with Crippen molar-refractivity contribution in [3.63, 3.8) is 0 Å². The van der Waals surface area contributed by atoms with Gasteiger partial charge in [0.15, 0.2) is 0 Å². The lowest BCUT2D eigenvalue weighted by atomic mass is 10.1. The van der Waals surface area contributed by atoms with E-state index in [-0.39, 0.29) is 0 Å². The molecule has 0 bridgehead atoms. The van der Waals surface area contributed by atoms with Gasteiger partial charge in [0.2, 0.25) is 0 Å². The van der Waals surface area contributed by atoms with Crippen molar-refractivity contribution in [2.24, 2.45) is 0 Å². The van der Waals surface area contributed by atoms with Gasteiger partial charge in [-0.25, -0.2) is 0 Å². The van der Waals surface area contributed by atoms with Gasteiger partial charge in [0.1, 0.15) is 0 Å². The van der Waals surface area contributed by atoms with Crippen LogP contribution in [0, 0.1) is 11.3 Å². The van der Waals surface area contributed by atoms with Gasteiger partial charge in [-0.2, -0.15) is 5.26 Å². The molecule has 0 aliphatic carbocycles. The Hall–Kier alpha value is -1.85. The molecular formula is C14H14N2. The number of benzene rings is 2. The molecule has 0 atom stereocenters. The first-order chi connectivity index (χ1) is 7.90. The van der Waals surface area contributed by atoms with E-state index in [1.54, 1.807) is 0 Å². The first-order valence-electron chi connectivity index (χ1n) is 5.45. The van der Waals surface area contributed by atoms with Crippen LogP contribution in [0.25, 0.3) is 10.8 Å². The molecule has 2 rings (SSSR count). The molecule has 1 N–H and O–H groups in total.